The lowest BCUT2D eigenvalue weighted by molar-refractivity contribution is 0.376. The monoisotopic (exact) mass is 189 g/mol. The summed E-state index contributed by atoms with van der Waals surface area (Å²) < 4.78 is 0. The van der Waals surface area contributed by atoms with E-state index in [0.717, 1.165) is 0 Å². The minimum atomic E-state index is 0.258. The normalized spacial score (nSPS) is 21.8. The van der Waals surface area contributed by atoms with E-state index in [9.17, 15) is 0 Å². The van der Waals surface area contributed by atoms with Crippen LogP contribution in [-0.2, 0) is 5.41 Å². The second-order valence-electron chi connectivity index (χ2n) is 5.13. The Kier molecular flexibility index (Phi) is 2.36. The Hall–Kier alpha value is -0.820. The van der Waals surface area contributed by atoms with E-state index in [1.165, 1.54) is 24.1 Å². The smallest absolute Gasteiger partial charge is 0.0335 e. The van der Waals surface area contributed by atoms with Crippen molar-refractivity contribution in [3.8, 4) is 0 Å². The fourth-order valence-corrected chi connectivity index (χ4v) is 2.04. The summed E-state index contributed by atoms with van der Waals surface area (Å²) in [5.74, 6) is 0. The third-order valence-electron chi connectivity index (χ3n) is 2.97. The van der Waals surface area contributed by atoms with Crippen LogP contribution in [0.2, 0.25) is 0 Å². The lowest BCUT2D eigenvalue weighted by Gasteiger charge is -2.33. The molecular formula is C13H19N. The fraction of sp³-hybridized carbons (Fsp3) is 0.538. The first-order valence-electron chi connectivity index (χ1n) is 5.42. The molecule has 1 aromatic carbocycles. The van der Waals surface area contributed by atoms with E-state index in [2.05, 4.69) is 50.4 Å². The van der Waals surface area contributed by atoms with Gasteiger partial charge < -0.3 is 5.32 Å². The molecule has 0 radical (unpaired) electrons. The van der Waals surface area contributed by atoms with Crippen LogP contribution in [-0.4, -0.2) is 6.54 Å². The molecule has 0 spiro atoms. The molecule has 1 saturated heterocycles. The molecule has 1 unspecified atom stereocenters. The van der Waals surface area contributed by atoms with Gasteiger partial charge in [-0.2, -0.15) is 0 Å². The van der Waals surface area contributed by atoms with Gasteiger partial charge in [-0.05, 0) is 29.5 Å². The number of hydrogen-bond acceptors (Lipinski definition) is 1. The van der Waals surface area contributed by atoms with Gasteiger partial charge in [0.05, 0.1) is 0 Å². The van der Waals surface area contributed by atoms with E-state index in [1.807, 2.05) is 0 Å². The number of nitrogens with one attached hydrogen (secondary N) is 1. The molecule has 1 aromatic rings. The van der Waals surface area contributed by atoms with Crippen molar-refractivity contribution < 1.29 is 0 Å². The van der Waals surface area contributed by atoms with Gasteiger partial charge in [-0.15, -0.1) is 0 Å². The standard InChI is InChI=1S/C13H19N/c1-13(2,3)11-7-5-4-6-10(11)12-8-9-14-12/h4-7,12,14H,8-9H2,1-3H3. The highest BCUT2D eigenvalue weighted by atomic mass is 15.0. The Labute approximate surface area is 86.5 Å². The fourth-order valence-electron chi connectivity index (χ4n) is 2.04. The van der Waals surface area contributed by atoms with Crippen molar-refractivity contribution in [2.45, 2.75) is 38.6 Å². The van der Waals surface area contributed by atoms with Crippen molar-refractivity contribution in [2.24, 2.45) is 0 Å². The van der Waals surface area contributed by atoms with E-state index in [4.69, 9.17) is 0 Å². The summed E-state index contributed by atoms with van der Waals surface area (Å²) in [7, 11) is 0. The van der Waals surface area contributed by atoms with Gasteiger partial charge in [-0.3, -0.25) is 0 Å². The molecule has 1 aliphatic heterocycles. The highest BCUT2D eigenvalue weighted by Gasteiger charge is 2.25. The van der Waals surface area contributed by atoms with Crippen LogP contribution in [0.3, 0.4) is 0 Å². The number of rotatable bonds is 1. The summed E-state index contributed by atoms with van der Waals surface area (Å²) in [6.07, 6.45) is 1.28. The van der Waals surface area contributed by atoms with Gasteiger partial charge in [0.2, 0.25) is 0 Å². The van der Waals surface area contributed by atoms with Gasteiger partial charge in [0.1, 0.15) is 0 Å². The minimum absolute atomic E-state index is 0.258. The SMILES string of the molecule is CC(C)(C)c1ccccc1C1CCN1. The lowest BCUT2D eigenvalue weighted by atomic mass is 9.80. The molecule has 0 saturated carbocycles. The molecule has 1 fully saturated rings. The van der Waals surface area contributed by atoms with Crippen molar-refractivity contribution in [3.63, 3.8) is 0 Å². The third kappa shape index (κ3) is 1.69. The highest BCUT2D eigenvalue weighted by molar-refractivity contribution is 5.36. The Bertz CT molecular complexity index is 318. The minimum Gasteiger partial charge on any atom is -0.310 e. The second-order valence-corrected chi connectivity index (χ2v) is 5.13. The van der Waals surface area contributed by atoms with Crippen LogP contribution in [0.4, 0.5) is 0 Å². The van der Waals surface area contributed by atoms with Crippen molar-refractivity contribution in [1.29, 1.82) is 0 Å². The average Bonchev–Trinajstić information content (AvgIpc) is 2.00. The van der Waals surface area contributed by atoms with Gasteiger partial charge in [0, 0.05) is 6.04 Å². The van der Waals surface area contributed by atoms with Gasteiger partial charge in [-0.1, -0.05) is 45.0 Å². The van der Waals surface area contributed by atoms with Gasteiger partial charge in [0.25, 0.3) is 0 Å². The predicted octanol–water partition coefficient (Wildman–Crippen LogP) is 3.02. The van der Waals surface area contributed by atoms with Gasteiger partial charge >= 0.3 is 0 Å². The highest BCUT2D eigenvalue weighted by Crippen LogP contribution is 2.33. The first-order valence-corrected chi connectivity index (χ1v) is 5.42. The first-order chi connectivity index (χ1) is 6.59. The van der Waals surface area contributed by atoms with Crippen molar-refractivity contribution in [3.05, 3.63) is 35.4 Å². The molecular weight excluding hydrogens is 170 g/mol. The van der Waals surface area contributed by atoms with Crippen LogP contribution in [0, 0.1) is 0 Å². The summed E-state index contributed by atoms with van der Waals surface area (Å²) >= 11 is 0. The van der Waals surface area contributed by atoms with Crippen molar-refractivity contribution in [1.82, 2.24) is 5.32 Å². The van der Waals surface area contributed by atoms with Crippen molar-refractivity contribution in [2.75, 3.05) is 6.54 Å². The molecule has 2 rings (SSSR count). The van der Waals surface area contributed by atoms with E-state index >= 15 is 0 Å². The average molecular weight is 189 g/mol. The molecule has 1 heterocycles. The quantitative estimate of drug-likeness (QED) is 0.716. The van der Waals surface area contributed by atoms with Crippen LogP contribution >= 0.6 is 0 Å². The van der Waals surface area contributed by atoms with Crippen LogP contribution in [0.5, 0.6) is 0 Å². The van der Waals surface area contributed by atoms with Crippen LogP contribution in [0.15, 0.2) is 24.3 Å². The van der Waals surface area contributed by atoms with E-state index in [0.29, 0.717) is 6.04 Å². The zero-order valence-corrected chi connectivity index (χ0v) is 9.30. The first kappa shape index (κ1) is 9.72. The largest absolute Gasteiger partial charge is 0.310 e. The van der Waals surface area contributed by atoms with Gasteiger partial charge in [-0.25, -0.2) is 0 Å². The molecule has 76 valence electrons. The molecule has 0 aromatic heterocycles. The molecule has 1 N–H and O–H groups in total. The zero-order valence-electron chi connectivity index (χ0n) is 9.30. The molecule has 1 nitrogen and oxygen atoms in total. The molecule has 0 amide bonds. The van der Waals surface area contributed by atoms with E-state index < -0.39 is 0 Å². The molecule has 14 heavy (non-hydrogen) atoms. The summed E-state index contributed by atoms with van der Waals surface area (Å²) in [6.45, 7) is 8.02. The number of benzene rings is 1. The lowest BCUT2D eigenvalue weighted by Crippen LogP contribution is -2.36. The Morgan fingerprint density at radius 1 is 1.21 bits per heavy atom. The summed E-state index contributed by atoms with van der Waals surface area (Å²) in [4.78, 5) is 0. The zero-order chi connectivity index (χ0) is 10.2. The Balaban J connectivity index is 2.38. The molecule has 0 bridgehead atoms. The molecule has 1 aliphatic rings. The second kappa shape index (κ2) is 3.39. The third-order valence-corrected chi connectivity index (χ3v) is 2.97. The van der Waals surface area contributed by atoms with Crippen LogP contribution in [0.1, 0.15) is 44.4 Å². The maximum atomic E-state index is 3.47. The maximum Gasteiger partial charge on any atom is 0.0335 e. The Morgan fingerprint density at radius 2 is 1.86 bits per heavy atom. The van der Waals surface area contributed by atoms with Crippen molar-refractivity contribution >= 4 is 0 Å². The molecule has 0 aliphatic carbocycles. The summed E-state index contributed by atoms with van der Waals surface area (Å²) in [6, 6.07) is 9.41. The summed E-state index contributed by atoms with van der Waals surface area (Å²) in [5, 5.41) is 3.47. The van der Waals surface area contributed by atoms with E-state index in [-0.39, 0.29) is 5.41 Å². The maximum absolute atomic E-state index is 3.47. The number of hydrogen-bond donors (Lipinski definition) is 1. The predicted molar refractivity (Wildman–Crippen MR) is 60.5 cm³/mol. The molecule has 1 atom stereocenters. The van der Waals surface area contributed by atoms with Gasteiger partial charge in [0.15, 0.2) is 0 Å². The van der Waals surface area contributed by atoms with Crippen LogP contribution in [0.25, 0.3) is 0 Å². The van der Waals surface area contributed by atoms with Crippen LogP contribution < -0.4 is 5.32 Å². The Morgan fingerprint density at radius 3 is 2.36 bits per heavy atom. The topological polar surface area (TPSA) is 12.0 Å². The summed E-state index contributed by atoms with van der Waals surface area (Å²) in [5.41, 5.74) is 3.23. The van der Waals surface area contributed by atoms with E-state index in [1.54, 1.807) is 0 Å². The molecule has 1 heteroatoms.